The molecule has 0 bridgehead atoms. The van der Waals surface area contributed by atoms with Gasteiger partial charge < -0.3 is 15.1 Å². The molecule has 128 valence electrons. The summed E-state index contributed by atoms with van der Waals surface area (Å²) in [4.78, 5) is 15.4. The molecule has 0 aromatic heterocycles. The maximum Gasteiger partial charge on any atom is 0.319 e. The molecular formula is C19H31N3O. The van der Waals surface area contributed by atoms with Gasteiger partial charge in [0.05, 0.1) is 0 Å². The summed E-state index contributed by atoms with van der Waals surface area (Å²) in [6.07, 6.45) is 5.03. The molecule has 0 heterocycles. The lowest BCUT2D eigenvalue weighted by Crippen LogP contribution is -2.40. The summed E-state index contributed by atoms with van der Waals surface area (Å²) < 4.78 is 0. The first-order valence-electron chi connectivity index (χ1n) is 8.73. The summed E-state index contributed by atoms with van der Waals surface area (Å²) in [5, 5.41) is 3.59. The van der Waals surface area contributed by atoms with Crippen LogP contribution in [0.4, 0.5) is 4.79 Å². The van der Waals surface area contributed by atoms with Gasteiger partial charge in [-0.1, -0.05) is 30.3 Å². The van der Waals surface area contributed by atoms with Gasteiger partial charge in [0.25, 0.3) is 0 Å². The molecule has 1 saturated carbocycles. The number of carbonyl (C=O) groups excluding carboxylic acids is 1. The predicted octanol–water partition coefficient (Wildman–Crippen LogP) is 3.20. The maximum atomic E-state index is 11.9. The van der Waals surface area contributed by atoms with E-state index >= 15 is 0 Å². The number of hydrogen-bond acceptors (Lipinski definition) is 2. The van der Waals surface area contributed by atoms with Gasteiger partial charge in [-0.25, -0.2) is 4.79 Å². The van der Waals surface area contributed by atoms with E-state index in [9.17, 15) is 4.79 Å². The van der Waals surface area contributed by atoms with E-state index in [4.69, 9.17) is 0 Å². The smallest absolute Gasteiger partial charge is 0.319 e. The molecule has 0 atom stereocenters. The van der Waals surface area contributed by atoms with Crippen molar-refractivity contribution < 1.29 is 4.79 Å². The molecule has 1 aromatic rings. The fourth-order valence-electron chi connectivity index (χ4n) is 3.44. The Labute approximate surface area is 140 Å². The molecule has 2 rings (SSSR count). The van der Waals surface area contributed by atoms with Gasteiger partial charge in [0, 0.05) is 34.2 Å². The highest BCUT2D eigenvalue weighted by atomic mass is 16.2. The van der Waals surface area contributed by atoms with E-state index in [0.717, 1.165) is 25.6 Å². The average Bonchev–Trinajstić information content (AvgIpc) is 2.56. The van der Waals surface area contributed by atoms with Crippen molar-refractivity contribution in [3.8, 4) is 0 Å². The lowest BCUT2D eigenvalue weighted by molar-refractivity contribution is 0.161. The van der Waals surface area contributed by atoms with Crippen LogP contribution in [0, 0.1) is 11.8 Å². The van der Waals surface area contributed by atoms with Gasteiger partial charge in [0.2, 0.25) is 0 Å². The minimum atomic E-state index is 0.108. The van der Waals surface area contributed by atoms with Crippen molar-refractivity contribution in [3.63, 3.8) is 0 Å². The van der Waals surface area contributed by atoms with Crippen LogP contribution < -0.4 is 5.32 Å². The second-order valence-corrected chi connectivity index (χ2v) is 7.06. The molecule has 2 amide bonds. The van der Waals surface area contributed by atoms with Crippen molar-refractivity contribution in [2.75, 3.05) is 34.2 Å². The van der Waals surface area contributed by atoms with Gasteiger partial charge in [0.15, 0.2) is 0 Å². The van der Waals surface area contributed by atoms with Crippen molar-refractivity contribution in [3.05, 3.63) is 35.9 Å². The molecule has 4 heteroatoms. The number of urea groups is 1. The standard InChI is InChI=1S/C19H31N3O/c1-21(2)19(23)22(3)15-18-11-9-17(10-12-18)14-20-13-16-7-5-4-6-8-16/h4-8,17-18,20H,9-15H2,1-3H3. The van der Waals surface area contributed by atoms with E-state index in [1.54, 1.807) is 4.90 Å². The van der Waals surface area contributed by atoms with Crippen LogP contribution in [0.2, 0.25) is 0 Å². The quantitative estimate of drug-likeness (QED) is 0.874. The van der Waals surface area contributed by atoms with E-state index in [0.29, 0.717) is 5.92 Å². The topological polar surface area (TPSA) is 35.6 Å². The molecule has 1 aliphatic carbocycles. The predicted molar refractivity (Wildman–Crippen MR) is 95.3 cm³/mol. The normalized spacial score (nSPS) is 21.0. The van der Waals surface area contributed by atoms with E-state index < -0.39 is 0 Å². The zero-order chi connectivity index (χ0) is 16.7. The van der Waals surface area contributed by atoms with Crippen molar-refractivity contribution >= 4 is 6.03 Å². The molecule has 4 nitrogen and oxygen atoms in total. The Kier molecular flexibility index (Phi) is 6.90. The highest BCUT2D eigenvalue weighted by Crippen LogP contribution is 2.29. The van der Waals surface area contributed by atoms with Crippen LogP contribution in [0.15, 0.2) is 30.3 Å². The van der Waals surface area contributed by atoms with Crippen LogP contribution in [0.5, 0.6) is 0 Å². The number of carbonyl (C=O) groups is 1. The Hall–Kier alpha value is -1.55. The molecule has 0 saturated heterocycles. The summed E-state index contributed by atoms with van der Waals surface area (Å²) in [7, 11) is 5.54. The zero-order valence-electron chi connectivity index (χ0n) is 14.8. The second kappa shape index (κ2) is 8.92. The Morgan fingerprint density at radius 1 is 1.04 bits per heavy atom. The monoisotopic (exact) mass is 317 g/mol. The summed E-state index contributed by atoms with van der Waals surface area (Å²) in [5.74, 6) is 1.44. The third kappa shape index (κ3) is 5.87. The molecule has 0 aliphatic heterocycles. The number of nitrogens with zero attached hydrogens (tertiary/aromatic N) is 2. The van der Waals surface area contributed by atoms with Crippen LogP contribution in [-0.4, -0.2) is 50.1 Å². The largest absolute Gasteiger partial charge is 0.331 e. The number of rotatable bonds is 6. The Morgan fingerprint density at radius 2 is 1.65 bits per heavy atom. The maximum absolute atomic E-state index is 11.9. The van der Waals surface area contributed by atoms with Gasteiger partial charge in [0.1, 0.15) is 0 Å². The summed E-state index contributed by atoms with van der Waals surface area (Å²) in [6, 6.07) is 10.7. The summed E-state index contributed by atoms with van der Waals surface area (Å²) >= 11 is 0. The summed E-state index contributed by atoms with van der Waals surface area (Å²) in [6.45, 7) is 2.95. The van der Waals surface area contributed by atoms with Crippen molar-refractivity contribution in [2.45, 2.75) is 32.2 Å². The van der Waals surface area contributed by atoms with Crippen molar-refractivity contribution in [2.24, 2.45) is 11.8 Å². The summed E-state index contributed by atoms with van der Waals surface area (Å²) in [5.41, 5.74) is 1.35. The third-order valence-electron chi connectivity index (χ3n) is 4.81. The molecule has 1 aliphatic rings. The molecule has 0 spiro atoms. The minimum absolute atomic E-state index is 0.108. The van der Waals surface area contributed by atoms with Gasteiger partial charge in [-0.3, -0.25) is 0 Å². The van der Waals surface area contributed by atoms with Crippen LogP contribution >= 0.6 is 0 Å². The third-order valence-corrected chi connectivity index (χ3v) is 4.81. The van der Waals surface area contributed by atoms with Crippen molar-refractivity contribution in [1.29, 1.82) is 0 Å². The van der Waals surface area contributed by atoms with Crippen LogP contribution in [0.3, 0.4) is 0 Å². The Balaban J connectivity index is 1.63. The first kappa shape index (κ1) is 17.8. The number of amides is 2. The van der Waals surface area contributed by atoms with E-state index in [-0.39, 0.29) is 6.03 Å². The van der Waals surface area contributed by atoms with Gasteiger partial charge in [-0.15, -0.1) is 0 Å². The Bertz CT molecular complexity index is 467. The molecular weight excluding hydrogens is 286 g/mol. The fourth-order valence-corrected chi connectivity index (χ4v) is 3.44. The van der Waals surface area contributed by atoms with Gasteiger partial charge in [-0.05, 0) is 49.6 Å². The minimum Gasteiger partial charge on any atom is -0.331 e. The number of benzene rings is 1. The first-order chi connectivity index (χ1) is 11.1. The van der Waals surface area contributed by atoms with Crippen LogP contribution in [0.25, 0.3) is 0 Å². The van der Waals surface area contributed by atoms with Crippen LogP contribution in [0.1, 0.15) is 31.2 Å². The van der Waals surface area contributed by atoms with Gasteiger partial charge in [-0.2, -0.15) is 0 Å². The van der Waals surface area contributed by atoms with Crippen molar-refractivity contribution in [1.82, 2.24) is 15.1 Å². The molecule has 1 aromatic carbocycles. The lowest BCUT2D eigenvalue weighted by Gasteiger charge is -2.32. The Morgan fingerprint density at radius 3 is 2.26 bits per heavy atom. The van der Waals surface area contributed by atoms with E-state index in [1.165, 1.54) is 31.2 Å². The zero-order valence-corrected chi connectivity index (χ0v) is 14.8. The average molecular weight is 317 g/mol. The van der Waals surface area contributed by atoms with E-state index in [1.807, 2.05) is 26.0 Å². The lowest BCUT2D eigenvalue weighted by atomic mass is 9.81. The fraction of sp³-hybridized carbons (Fsp3) is 0.632. The van der Waals surface area contributed by atoms with Crippen LogP contribution in [-0.2, 0) is 6.54 Å². The van der Waals surface area contributed by atoms with Gasteiger partial charge >= 0.3 is 6.03 Å². The van der Waals surface area contributed by atoms with E-state index in [2.05, 4.69) is 35.6 Å². The highest BCUT2D eigenvalue weighted by molar-refractivity contribution is 5.73. The molecule has 0 unspecified atom stereocenters. The molecule has 23 heavy (non-hydrogen) atoms. The SMILES string of the molecule is CN(C)C(=O)N(C)CC1CCC(CNCc2ccccc2)CC1. The number of hydrogen-bond donors (Lipinski definition) is 1. The molecule has 1 N–H and O–H groups in total. The first-order valence-corrected chi connectivity index (χ1v) is 8.73. The highest BCUT2D eigenvalue weighted by Gasteiger charge is 2.23. The number of nitrogens with one attached hydrogen (secondary N) is 1. The molecule has 0 radical (unpaired) electrons. The second-order valence-electron chi connectivity index (χ2n) is 7.06. The molecule has 1 fully saturated rings.